The van der Waals surface area contributed by atoms with E-state index in [-0.39, 0.29) is 11.7 Å². The zero-order valence-corrected chi connectivity index (χ0v) is 17.8. The molecule has 5 nitrogen and oxygen atoms in total. The third kappa shape index (κ3) is 4.13. The van der Waals surface area contributed by atoms with Crippen molar-refractivity contribution in [2.45, 2.75) is 6.92 Å². The van der Waals surface area contributed by atoms with Crippen molar-refractivity contribution in [1.29, 1.82) is 0 Å². The average molecular weight is 498 g/mol. The van der Waals surface area contributed by atoms with Crippen LogP contribution in [0, 0.1) is 6.92 Å². The number of aryl methyl sites for hydroxylation is 1. The fourth-order valence-corrected chi connectivity index (χ4v) is 4.40. The maximum atomic E-state index is 12.3. The molecule has 0 spiro atoms. The summed E-state index contributed by atoms with van der Waals surface area (Å²) in [5, 5.41) is 13.4. The first-order chi connectivity index (χ1) is 12.4. The Balaban J connectivity index is 1.94. The predicted octanol–water partition coefficient (Wildman–Crippen LogP) is 5.13. The van der Waals surface area contributed by atoms with Gasteiger partial charge in [0.05, 0.1) is 16.5 Å². The van der Waals surface area contributed by atoms with Crippen molar-refractivity contribution in [3.63, 3.8) is 0 Å². The van der Waals surface area contributed by atoms with E-state index in [4.69, 9.17) is 4.74 Å². The molecule has 1 fully saturated rings. The van der Waals surface area contributed by atoms with Crippen molar-refractivity contribution in [3.05, 3.63) is 55.3 Å². The number of hydrogen-bond acceptors (Lipinski definition) is 5. The number of aliphatic imine (C=N–C) groups is 1. The minimum Gasteiger partial charge on any atom is -0.506 e. The number of phenols is 1. The molecule has 0 bridgehead atoms. The maximum absolute atomic E-state index is 12.3. The van der Waals surface area contributed by atoms with Gasteiger partial charge in [-0.3, -0.25) is 4.79 Å². The van der Waals surface area contributed by atoms with E-state index in [2.05, 4.69) is 42.2 Å². The number of aromatic hydroxyl groups is 1. The topological polar surface area (TPSA) is 70.9 Å². The van der Waals surface area contributed by atoms with E-state index in [9.17, 15) is 9.90 Å². The molecule has 3 rings (SSSR count). The van der Waals surface area contributed by atoms with Crippen molar-refractivity contribution in [2.75, 3.05) is 7.11 Å². The molecule has 1 aliphatic heterocycles. The van der Waals surface area contributed by atoms with E-state index in [1.807, 2.05) is 25.1 Å². The van der Waals surface area contributed by atoms with E-state index < -0.39 is 0 Å². The molecule has 26 heavy (non-hydrogen) atoms. The lowest BCUT2D eigenvalue weighted by molar-refractivity contribution is -0.115. The van der Waals surface area contributed by atoms with Crippen molar-refractivity contribution >= 4 is 66.5 Å². The summed E-state index contributed by atoms with van der Waals surface area (Å²) in [6.45, 7) is 1.96. The number of nitrogens with one attached hydrogen (secondary N) is 1. The van der Waals surface area contributed by atoms with E-state index in [1.165, 1.54) is 11.8 Å². The lowest BCUT2D eigenvalue weighted by Gasteiger charge is -2.05. The first-order valence-corrected chi connectivity index (χ1v) is 9.90. The summed E-state index contributed by atoms with van der Waals surface area (Å²) in [5.74, 6) is 0.430. The highest BCUT2D eigenvalue weighted by atomic mass is 79.9. The predicted molar refractivity (Wildman–Crippen MR) is 112 cm³/mol. The molecular weight excluding hydrogens is 484 g/mol. The van der Waals surface area contributed by atoms with Crippen LogP contribution in [-0.2, 0) is 4.79 Å². The summed E-state index contributed by atoms with van der Waals surface area (Å²) < 4.78 is 6.64. The number of hydrogen-bond donors (Lipinski definition) is 2. The van der Waals surface area contributed by atoms with E-state index >= 15 is 0 Å². The molecule has 0 unspecified atom stereocenters. The Kier molecular flexibility index (Phi) is 5.74. The number of methoxy groups -OCH3 is 1. The number of carbonyl (C=O) groups excluding carboxylic acids is 1. The number of amides is 1. The van der Waals surface area contributed by atoms with E-state index in [0.29, 0.717) is 31.5 Å². The van der Waals surface area contributed by atoms with Crippen LogP contribution in [0.3, 0.4) is 0 Å². The van der Waals surface area contributed by atoms with Gasteiger partial charge in [-0.25, -0.2) is 4.99 Å². The highest BCUT2D eigenvalue weighted by Gasteiger charge is 2.25. The third-order valence-corrected chi connectivity index (χ3v) is 5.52. The molecular formula is C18H14Br2N2O3S. The van der Waals surface area contributed by atoms with Crippen LogP contribution < -0.4 is 10.1 Å². The first kappa shape index (κ1) is 19.0. The molecule has 0 aromatic heterocycles. The molecule has 0 saturated carbocycles. The van der Waals surface area contributed by atoms with Crippen LogP contribution >= 0.6 is 43.6 Å². The summed E-state index contributed by atoms with van der Waals surface area (Å²) in [4.78, 5) is 17.2. The van der Waals surface area contributed by atoms with Gasteiger partial charge in [-0.2, -0.15) is 0 Å². The molecule has 1 aliphatic rings. The standard InChI is InChI=1S/C18H14Br2N2O3S/c1-9-3-4-14(25-2)13(5-9)21-18-22-17(24)15(26-18)7-10-6-11(19)8-12(20)16(10)23/h3-8,23H,1-2H3,(H,21,22,24)/b15-7-. The van der Waals surface area contributed by atoms with Gasteiger partial charge in [0.1, 0.15) is 17.2 Å². The molecule has 1 heterocycles. The Morgan fingerprint density at radius 2 is 2.04 bits per heavy atom. The Bertz CT molecular complexity index is 958. The van der Waals surface area contributed by atoms with E-state index in [1.54, 1.807) is 25.3 Å². The fourth-order valence-electron chi connectivity index (χ4n) is 2.31. The fraction of sp³-hybridized carbons (Fsp3) is 0.111. The van der Waals surface area contributed by atoms with Gasteiger partial charge in [0.15, 0.2) is 5.17 Å². The number of benzene rings is 2. The van der Waals surface area contributed by atoms with Crippen LogP contribution in [-0.4, -0.2) is 23.3 Å². The smallest absolute Gasteiger partial charge is 0.264 e. The van der Waals surface area contributed by atoms with Crippen LogP contribution in [0.25, 0.3) is 6.08 Å². The van der Waals surface area contributed by atoms with Crippen LogP contribution in [0.2, 0.25) is 0 Å². The number of carbonyl (C=O) groups is 1. The normalized spacial score (nSPS) is 17.0. The van der Waals surface area contributed by atoms with Crippen LogP contribution in [0.5, 0.6) is 11.5 Å². The van der Waals surface area contributed by atoms with Gasteiger partial charge < -0.3 is 15.2 Å². The number of rotatable bonds is 3. The second kappa shape index (κ2) is 7.85. The lowest BCUT2D eigenvalue weighted by atomic mass is 10.2. The quantitative estimate of drug-likeness (QED) is 0.577. The largest absolute Gasteiger partial charge is 0.506 e. The number of amidine groups is 1. The van der Waals surface area contributed by atoms with Crippen molar-refractivity contribution in [1.82, 2.24) is 5.32 Å². The summed E-state index contributed by atoms with van der Waals surface area (Å²) in [6, 6.07) is 9.12. The van der Waals surface area contributed by atoms with Crippen molar-refractivity contribution < 1.29 is 14.6 Å². The van der Waals surface area contributed by atoms with Gasteiger partial charge in [0.25, 0.3) is 5.91 Å². The summed E-state index contributed by atoms with van der Waals surface area (Å²) in [7, 11) is 1.58. The number of ether oxygens (including phenoxy) is 1. The highest BCUT2D eigenvalue weighted by molar-refractivity contribution is 9.11. The zero-order chi connectivity index (χ0) is 18.8. The Morgan fingerprint density at radius 1 is 1.27 bits per heavy atom. The molecule has 0 aliphatic carbocycles. The SMILES string of the molecule is COc1ccc(C)cc1N=C1NC(=O)/C(=C/c2cc(Br)cc(Br)c2O)S1. The minimum absolute atomic E-state index is 0.0693. The molecule has 134 valence electrons. The Labute approximate surface area is 171 Å². The van der Waals surface area contributed by atoms with Gasteiger partial charge in [0.2, 0.25) is 0 Å². The molecule has 8 heteroatoms. The highest BCUT2D eigenvalue weighted by Crippen LogP contribution is 2.36. The Hall–Kier alpha value is -1.77. The third-order valence-electron chi connectivity index (χ3n) is 3.55. The lowest BCUT2D eigenvalue weighted by Crippen LogP contribution is -2.19. The molecule has 0 radical (unpaired) electrons. The van der Waals surface area contributed by atoms with Gasteiger partial charge >= 0.3 is 0 Å². The summed E-state index contributed by atoms with van der Waals surface area (Å²) >= 11 is 7.87. The van der Waals surface area contributed by atoms with Gasteiger partial charge in [0, 0.05) is 10.0 Å². The molecule has 0 atom stereocenters. The number of thioether (sulfide) groups is 1. The summed E-state index contributed by atoms with van der Waals surface area (Å²) in [5.41, 5.74) is 2.21. The maximum Gasteiger partial charge on any atom is 0.264 e. The average Bonchev–Trinajstić information content (AvgIpc) is 2.91. The monoisotopic (exact) mass is 496 g/mol. The number of nitrogens with zero attached hydrogens (tertiary/aromatic N) is 1. The second-order valence-corrected chi connectivity index (χ2v) is 8.28. The second-order valence-electron chi connectivity index (χ2n) is 5.48. The van der Waals surface area contributed by atoms with Crippen molar-refractivity contribution in [2.24, 2.45) is 4.99 Å². The molecule has 2 aromatic carbocycles. The van der Waals surface area contributed by atoms with Gasteiger partial charge in [-0.05, 0) is 70.5 Å². The van der Waals surface area contributed by atoms with Crippen LogP contribution in [0.1, 0.15) is 11.1 Å². The van der Waals surface area contributed by atoms with Crippen molar-refractivity contribution in [3.8, 4) is 11.5 Å². The zero-order valence-electron chi connectivity index (χ0n) is 13.8. The minimum atomic E-state index is -0.268. The summed E-state index contributed by atoms with van der Waals surface area (Å²) in [6.07, 6.45) is 1.63. The van der Waals surface area contributed by atoms with Crippen LogP contribution in [0.15, 0.2) is 49.2 Å². The Morgan fingerprint density at radius 3 is 2.77 bits per heavy atom. The number of phenolic OH excluding ortho intramolecular Hbond substituents is 1. The molecule has 2 N–H and O–H groups in total. The van der Waals surface area contributed by atoms with Gasteiger partial charge in [-0.1, -0.05) is 22.0 Å². The first-order valence-electron chi connectivity index (χ1n) is 7.49. The molecule has 2 aromatic rings. The molecule has 1 saturated heterocycles. The van der Waals surface area contributed by atoms with E-state index in [0.717, 1.165) is 10.0 Å². The number of halogens is 2. The van der Waals surface area contributed by atoms with Gasteiger partial charge in [-0.15, -0.1) is 0 Å². The molecule has 1 amide bonds. The van der Waals surface area contributed by atoms with Crippen LogP contribution in [0.4, 0.5) is 5.69 Å².